The Morgan fingerprint density at radius 1 is 1.50 bits per heavy atom. The first-order valence-corrected chi connectivity index (χ1v) is 4.37. The first kappa shape index (κ1) is 8.99. The van der Waals surface area contributed by atoms with E-state index >= 15 is 0 Å². The Morgan fingerprint density at radius 2 is 2.29 bits per heavy atom. The number of halogens is 1. The smallest absolute Gasteiger partial charge is 0.335 e. The molecular formula is C10H9FO3. The van der Waals surface area contributed by atoms with Gasteiger partial charge < -0.3 is 9.84 Å². The van der Waals surface area contributed by atoms with E-state index in [-0.39, 0.29) is 11.3 Å². The highest BCUT2D eigenvalue weighted by Crippen LogP contribution is 2.29. The van der Waals surface area contributed by atoms with Gasteiger partial charge in [0, 0.05) is 0 Å². The summed E-state index contributed by atoms with van der Waals surface area (Å²) in [4.78, 5) is 10.6. The van der Waals surface area contributed by atoms with Crippen LogP contribution in [0.1, 0.15) is 22.3 Å². The number of carboxylic acids is 1. The van der Waals surface area contributed by atoms with Crippen LogP contribution in [0.3, 0.4) is 0 Å². The number of rotatable bonds is 1. The van der Waals surface area contributed by atoms with Crippen LogP contribution in [0.5, 0.6) is 5.75 Å². The molecule has 14 heavy (non-hydrogen) atoms. The quantitative estimate of drug-likeness (QED) is 0.745. The topological polar surface area (TPSA) is 46.5 Å². The molecule has 0 aromatic heterocycles. The Bertz CT molecular complexity index is 387. The van der Waals surface area contributed by atoms with E-state index in [1.165, 1.54) is 6.07 Å². The van der Waals surface area contributed by atoms with Gasteiger partial charge in [-0.3, -0.25) is 0 Å². The molecule has 2 rings (SSSR count). The second-order valence-corrected chi connectivity index (χ2v) is 3.20. The molecule has 0 spiro atoms. The highest BCUT2D eigenvalue weighted by molar-refractivity contribution is 5.88. The third-order valence-corrected chi connectivity index (χ3v) is 2.20. The predicted octanol–water partition coefficient (Wildman–Crippen LogP) is 1.85. The molecule has 0 amide bonds. The van der Waals surface area contributed by atoms with E-state index in [9.17, 15) is 9.18 Å². The maximum atomic E-state index is 13.3. The van der Waals surface area contributed by atoms with Crippen molar-refractivity contribution in [3.63, 3.8) is 0 Å². The number of fused-ring (bicyclic) bond motifs is 1. The first-order valence-electron chi connectivity index (χ1n) is 4.37. The summed E-state index contributed by atoms with van der Waals surface area (Å²) >= 11 is 0. The number of aromatic carboxylic acids is 1. The normalized spacial score (nSPS) is 14.4. The maximum Gasteiger partial charge on any atom is 0.335 e. The summed E-state index contributed by atoms with van der Waals surface area (Å²) in [5, 5.41) is 8.70. The van der Waals surface area contributed by atoms with Crippen molar-refractivity contribution >= 4 is 5.97 Å². The number of hydrogen-bond donors (Lipinski definition) is 1. The molecule has 0 aliphatic carbocycles. The summed E-state index contributed by atoms with van der Waals surface area (Å²) in [5.74, 6) is -1.49. The van der Waals surface area contributed by atoms with Gasteiger partial charge in [0.15, 0.2) is 11.6 Å². The monoisotopic (exact) mass is 196 g/mol. The fraction of sp³-hybridized carbons (Fsp3) is 0.300. The van der Waals surface area contributed by atoms with Crippen LogP contribution in [0, 0.1) is 5.82 Å². The summed E-state index contributed by atoms with van der Waals surface area (Å²) < 4.78 is 18.4. The average Bonchev–Trinajstić information content (AvgIpc) is 2.17. The summed E-state index contributed by atoms with van der Waals surface area (Å²) in [5.41, 5.74) is 0.625. The van der Waals surface area contributed by atoms with Crippen LogP contribution in [-0.2, 0) is 6.42 Å². The Kier molecular flexibility index (Phi) is 2.11. The zero-order valence-corrected chi connectivity index (χ0v) is 7.42. The van der Waals surface area contributed by atoms with Crippen LogP contribution in [0.4, 0.5) is 4.39 Å². The third kappa shape index (κ3) is 1.43. The van der Waals surface area contributed by atoms with Crippen molar-refractivity contribution in [3.05, 3.63) is 29.1 Å². The van der Waals surface area contributed by atoms with Gasteiger partial charge in [-0.05, 0) is 30.5 Å². The minimum Gasteiger partial charge on any atom is -0.490 e. The molecule has 0 bridgehead atoms. The molecule has 0 radical (unpaired) electrons. The minimum atomic E-state index is -1.11. The van der Waals surface area contributed by atoms with E-state index in [0.717, 1.165) is 12.5 Å². The van der Waals surface area contributed by atoms with Crippen molar-refractivity contribution in [2.45, 2.75) is 12.8 Å². The largest absolute Gasteiger partial charge is 0.490 e. The molecule has 1 aliphatic rings. The van der Waals surface area contributed by atoms with Gasteiger partial charge in [-0.15, -0.1) is 0 Å². The van der Waals surface area contributed by atoms with Crippen LogP contribution in [0.25, 0.3) is 0 Å². The van der Waals surface area contributed by atoms with Crippen LogP contribution >= 0.6 is 0 Å². The molecule has 1 aromatic rings. The van der Waals surface area contributed by atoms with E-state index in [1.54, 1.807) is 0 Å². The van der Waals surface area contributed by atoms with Crippen molar-refractivity contribution in [1.82, 2.24) is 0 Å². The number of ether oxygens (including phenoxy) is 1. The Morgan fingerprint density at radius 3 is 3.00 bits per heavy atom. The molecule has 1 heterocycles. The van der Waals surface area contributed by atoms with Crippen LogP contribution < -0.4 is 4.74 Å². The van der Waals surface area contributed by atoms with E-state index in [4.69, 9.17) is 9.84 Å². The number of carboxylic acid groups (broad SMARTS) is 1. The zero-order chi connectivity index (χ0) is 10.1. The highest BCUT2D eigenvalue weighted by Gasteiger charge is 2.18. The molecule has 0 fully saturated rings. The zero-order valence-electron chi connectivity index (χ0n) is 7.42. The van der Waals surface area contributed by atoms with Crippen molar-refractivity contribution in [1.29, 1.82) is 0 Å². The van der Waals surface area contributed by atoms with Gasteiger partial charge in [0.25, 0.3) is 0 Å². The fourth-order valence-corrected chi connectivity index (χ4v) is 1.56. The Hall–Kier alpha value is -1.58. The predicted molar refractivity (Wildman–Crippen MR) is 47.2 cm³/mol. The molecule has 3 nitrogen and oxygen atoms in total. The molecule has 4 heteroatoms. The lowest BCUT2D eigenvalue weighted by molar-refractivity contribution is 0.0696. The molecule has 74 valence electrons. The van der Waals surface area contributed by atoms with Gasteiger partial charge in [-0.1, -0.05) is 0 Å². The molecule has 0 saturated carbocycles. The SMILES string of the molecule is O=C(O)c1cc(F)c2c(c1)CCCO2. The summed E-state index contributed by atoms with van der Waals surface area (Å²) in [6.07, 6.45) is 1.48. The molecule has 1 aromatic carbocycles. The van der Waals surface area contributed by atoms with Crippen LogP contribution in [0.15, 0.2) is 12.1 Å². The van der Waals surface area contributed by atoms with Crippen molar-refractivity contribution < 1.29 is 19.0 Å². The number of benzene rings is 1. The Balaban J connectivity index is 2.51. The third-order valence-electron chi connectivity index (χ3n) is 2.20. The lowest BCUT2D eigenvalue weighted by Gasteiger charge is -2.17. The van der Waals surface area contributed by atoms with Gasteiger partial charge in [0.2, 0.25) is 0 Å². The van der Waals surface area contributed by atoms with Crippen LogP contribution in [0.2, 0.25) is 0 Å². The molecule has 1 N–H and O–H groups in total. The molecule has 1 aliphatic heterocycles. The second kappa shape index (κ2) is 3.29. The molecule has 0 saturated heterocycles. The molecule has 0 atom stereocenters. The van der Waals surface area contributed by atoms with Gasteiger partial charge in [0.05, 0.1) is 12.2 Å². The average molecular weight is 196 g/mol. The highest BCUT2D eigenvalue weighted by atomic mass is 19.1. The number of aryl methyl sites for hydroxylation is 1. The fourth-order valence-electron chi connectivity index (χ4n) is 1.56. The minimum absolute atomic E-state index is 0.0215. The summed E-state index contributed by atoms with van der Waals surface area (Å²) in [6, 6.07) is 2.46. The molecule has 0 unspecified atom stereocenters. The summed E-state index contributed by atoms with van der Waals surface area (Å²) in [7, 11) is 0. The van der Waals surface area contributed by atoms with Crippen molar-refractivity contribution in [2.24, 2.45) is 0 Å². The number of carbonyl (C=O) groups is 1. The summed E-state index contributed by atoms with van der Waals surface area (Å²) in [6.45, 7) is 0.496. The second-order valence-electron chi connectivity index (χ2n) is 3.20. The van der Waals surface area contributed by atoms with E-state index in [1.807, 2.05) is 0 Å². The van der Waals surface area contributed by atoms with Gasteiger partial charge in [-0.25, -0.2) is 9.18 Å². The standard InChI is InChI=1S/C10H9FO3/c11-8-5-7(10(12)13)4-6-2-1-3-14-9(6)8/h4-5H,1-3H2,(H,12,13). The van der Waals surface area contributed by atoms with Gasteiger partial charge in [-0.2, -0.15) is 0 Å². The molecular weight excluding hydrogens is 187 g/mol. The Labute approximate surface area is 80.1 Å². The first-order chi connectivity index (χ1) is 6.68. The van der Waals surface area contributed by atoms with Crippen molar-refractivity contribution in [2.75, 3.05) is 6.61 Å². The lowest BCUT2D eigenvalue weighted by Crippen LogP contribution is -2.11. The van der Waals surface area contributed by atoms with Crippen LogP contribution in [-0.4, -0.2) is 17.7 Å². The van der Waals surface area contributed by atoms with E-state index in [0.29, 0.717) is 18.6 Å². The lowest BCUT2D eigenvalue weighted by atomic mass is 10.0. The van der Waals surface area contributed by atoms with Gasteiger partial charge in [0.1, 0.15) is 0 Å². The van der Waals surface area contributed by atoms with E-state index < -0.39 is 11.8 Å². The van der Waals surface area contributed by atoms with E-state index in [2.05, 4.69) is 0 Å². The number of hydrogen-bond acceptors (Lipinski definition) is 2. The van der Waals surface area contributed by atoms with Crippen molar-refractivity contribution in [3.8, 4) is 5.75 Å². The van der Waals surface area contributed by atoms with Gasteiger partial charge >= 0.3 is 5.97 Å². The maximum absolute atomic E-state index is 13.3.